The minimum Gasteiger partial charge on any atom is -0.480 e. The van der Waals surface area contributed by atoms with Crippen molar-refractivity contribution in [1.82, 2.24) is 4.90 Å². The van der Waals surface area contributed by atoms with Crippen LogP contribution in [0.15, 0.2) is 18.2 Å². The van der Waals surface area contributed by atoms with Gasteiger partial charge < -0.3 is 15.7 Å². The van der Waals surface area contributed by atoms with Crippen molar-refractivity contribution in [3.8, 4) is 0 Å². The number of nitrogens with two attached hydrogens (primary N) is 1. The van der Waals surface area contributed by atoms with E-state index < -0.39 is 30.9 Å². The lowest BCUT2D eigenvalue weighted by atomic mass is 10.1. The normalized spacial score (nSPS) is 10.0. The van der Waals surface area contributed by atoms with Gasteiger partial charge in [0.1, 0.15) is 13.1 Å². The molecule has 0 saturated carbocycles. The lowest BCUT2D eigenvalue weighted by Gasteiger charge is -2.19. The van der Waals surface area contributed by atoms with Crippen LogP contribution in [0.3, 0.4) is 0 Å². The number of amides is 2. The van der Waals surface area contributed by atoms with Crippen molar-refractivity contribution in [3.63, 3.8) is 0 Å². The van der Waals surface area contributed by atoms with E-state index in [1.807, 2.05) is 0 Å². The Labute approximate surface area is 114 Å². The molecule has 6 nitrogen and oxygen atoms in total. The SMILES string of the molecule is Cc1cc(C(=O)N(CC(N)=O)CC(=O)O)ccc1Cl. The largest absolute Gasteiger partial charge is 0.480 e. The molecule has 1 aromatic carbocycles. The third-order valence-electron chi connectivity index (χ3n) is 2.36. The molecule has 1 aromatic rings. The molecule has 0 radical (unpaired) electrons. The Bertz CT molecular complexity index is 514. The second-order valence-corrected chi connectivity index (χ2v) is 4.39. The summed E-state index contributed by atoms with van der Waals surface area (Å²) < 4.78 is 0. The van der Waals surface area contributed by atoms with Crippen LogP contribution >= 0.6 is 11.6 Å². The number of primary amides is 1. The van der Waals surface area contributed by atoms with Gasteiger partial charge in [0.2, 0.25) is 5.91 Å². The molecule has 0 aliphatic carbocycles. The fraction of sp³-hybridized carbons (Fsp3) is 0.250. The number of carboxylic acids is 1. The molecule has 102 valence electrons. The fourth-order valence-electron chi connectivity index (χ4n) is 1.51. The maximum absolute atomic E-state index is 12.1. The van der Waals surface area contributed by atoms with E-state index in [2.05, 4.69) is 0 Å². The predicted octanol–water partition coefficient (Wildman–Crippen LogP) is 0.661. The summed E-state index contributed by atoms with van der Waals surface area (Å²) in [5, 5.41) is 9.22. The van der Waals surface area contributed by atoms with Gasteiger partial charge >= 0.3 is 5.97 Å². The molecule has 0 aliphatic rings. The Balaban J connectivity index is 3.00. The molecule has 0 atom stereocenters. The number of carboxylic acid groups (broad SMARTS) is 1. The number of aliphatic carboxylic acids is 1. The smallest absolute Gasteiger partial charge is 0.323 e. The average Bonchev–Trinajstić information content (AvgIpc) is 2.29. The lowest BCUT2D eigenvalue weighted by Crippen LogP contribution is -2.41. The first-order chi connectivity index (χ1) is 8.81. The highest BCUT2D eigenvalue weighted by Crippen LogP contribution is 2.17. The van der Waals surface area contributed by atoms with Gasteiger partial charge in [0.15, 0.2) is 0 Å². The molecule has 0 spiro atoms. The summed E-state index contributed by atoms with van der Waals surface area (Å²) in [5.74, 6) is -2.58. The van der Waals surface area contributed by atoms with Gasteiger partial charge in [-0.1, -0.05) is 11.6 Å². The minimum absolute atomic E-state index is 0.254. The highest BCUT2D eigenvalue weighted by atomic mass is 35.5. The molecule has 0 bridgehead atoms. The van der Waals surface area contributed by atoms with Crippen LogP contribution in [0.1, 0.15) is 15.9 Å². The first-order valence-corrected chi connectivity index (χ1v) is 5.74. The van der Waals surface area contributed by atoms with E-state index in [-0.39, 0.29) is 5.56 Å². The Hall–Kier alpha value is -2.08. The zero-order chi connectivity index (χ0) is 14.6. The molecule has 0 aliphatic heterocycles. The summed E-state index contributed by atoms with van der Waals surface area (Å²) in [6.45, 7) is 0.672. The molecule has 0 heterocycles. The Morgan fingerprint density at radius 3 is 2.42 bits per heavy atom. The number of rotatable bonds is 5. The summed E-state index contributed by atoms with van der Waals surface area (Å²) in [7, 11) is 0. The van der Waals surface area contributed by atoms with Gasteiger partial charge in [-0.3, -0.25) is 14.4 Å². The molecule has 0 unspecified atom stereocenters. The van der Waals surface area contributed by atoms with Crippen molar-refractivity contribution in [2.45, 2.75) is 6.92 Å². The lowest BCUT2D eigenvalue weighted by molar-refractivity contribution is -0.138. The number of nitrogens with zero attached hydrogens (tertiary/aromatic N) is 1. The van der Waals surface area contributed by atoms with Gasteiger partial charge in [-0.05, 0) is 30.7 Å². The van der Waals surface area contributed by atoms with Gasteiger partial charge in [0.05, 0.1) is 0 Å². The number of carbonyl (C=O) groups is 3. The van der Waals surface area contributed by atoms with E-state index in [0.29, 0.717) is 10.6 Å². The monoisotopic (exact) mass is 284 g/mol. The summed E-state index contributed by atoms with van der Waals surface area (Å²) in [6.07, 6.45) is 0. The van der Waals surface area contributed by atoms with Crippen LogP contribution in [0.5, 0.6) is 0 Å². The number of halogens is 1. The van der Waals surface area contributed by atoms with Gasteiger partial charge in [-0.15, -0.1) is 0 Å². The van der Waals surface area contributed by atoms with E-state index in [1.165, 1.54) is 18.2 Å². The number of hydrogen-bond acceptors (Lipinski definition) is 3. The summed E-state index contributed by atoms with van der Waals surface area (Å²) >= 11 is 5.84. The van der Waals surface area contributed by atoms with E-state index in [9.17, 15) is 14.4 Å². The van der Waals surface area contributed by atoms with Crippen molar-refractivity contribution in [2.75, 3.05) is 13.1 Å². The third kappa shape index (κ3) is 4.26. The van der Waals surface area contributed by atoms with Crippen molar-refractivity contribution in [2.24, 2.45) is 5.73 Å². The molecule has 1 rings (SSSR count). The van der Waals surface area contributed by atoms with E-state index in [1.54, 1.807) is 6.92 Å². The number of carbonyl (C=O) groups excluding carboxylic acids is 2. The maximum atomic E-state index is 12.1. The van der Waals surface area contributed by atoms with Crippen LogP contribution < -0.4 is 5.73 Å². The van der Waals surface area contributed by atoms with Crippen molar-refractivity contribution >= 4 is 29.4 Å². The van der Waals surface area contributed by atoms with Crippen LogP contribution in [-0.4, -0.2) is 40.9 Å². The fourth-order valence-corrected chi connectivity index (χ4v) is 1.63. The van der Waals surface area contributed by atoms with Crippen molar-refractivity contribution in [1.29, 1.82) is 0 Å². The first kappa shape index (κ1) is 15.0. The highest BCUT2D eigenvalue weighted by molar-refractivity contribution is 6.31. The Morgan fingerprint density at radius 1 is 1.32 bits per heavy atom. The van der Waals surface area contributed by atoms with Crippen LogP contribution in [0, 0.1) is 6.92 Å². The molecule has 7 heteroatoms. The zero-order valence-electron chi connectivity index (χ0n) is 10.2. The molecule has 0 aromatic heterocycles. The second-order valence-electron chi connectivity index (χ2n) is 3.99. The Kier molecular flexibility index (Phi) is 4.88. The topological polar surface area (TPSA) is 101 Å². The van der Waals surface area contributed by atoms with Crippen LogP contribution in [-0.2, 0) is 9.59 Å². The summed E-state index contributed by atoms with van der Waals surface area (Å²) in [4.78, 5) is 34.5. The van der Waals surface area contributed by atoms with Gasteiger partial charge in [0, 0.05) is 10.6 Å². The zero-order valence-corrected chi connectivity index (χ0v) is 11.0. The average molecular weight is 285 g/mol. The number of hydrogen-bond donors (Lipinski definition) is 2. The van der Waals surface area contributed by atoms with Gasteiger partial charge in [0.25, 0.3) is 5.91 Å². The number of aryl methyl sites for hydroxylation is 1. The van der Waals surface area contributed by atoms with Crippen LogP contribution in [0.2, 0.25) is 5.02 Å². The second kappa shape index (κ2) is 6.19. The summed E-state index contributed by atoms with van der Waals surface area (Å²) in [6, 6.07) is 4.53. The van der Waals surface area contributed by atoms with Crippen molar-refractivity contribution < 1.29 is 19.5 Å². The molecular weight excluding hydrogens is 272 g/mol. The molecule has 2 amide bonds. The van der Waals surface area contributed by atoms with Crippen LogP contribution in [0.4, 0.5) is 0 Å². The van der Waals surface area contributed by atoms with E-state index in [4.69, 9.17) is 22.4 Å². The molecule has 0 saturated heterocycles. The van der Waals surface area contributed by atoms with Crippen molar-refractivity contribution in [3.05, 3.63) is 34.3 Å². The first-order valence-electron chi connectivity index (χ1n) is 5.36. The quantitative estimate of drug-likeness (QED) is 0.829. The summed E-state index contributed by atoms with van der Waals surface area (Å²) in [5.41, 5.74) is 5.93. The highest BCUT2D eigenvalue weighted by Gasteiger charge is 2.20. The van der Waals surface area contributed by atoms with E-state index >= 15 is 0 Å². The Morgan fingerprint density at radius 2 is 1.95 bits per heavy atom. The van der Waals surface area contributed by atoms with Gasteiger partial charge in [-0.2, -0.15) is 0 Å². The van der Waals surface area contributed by atoms with E-state index in [0.717, 1.165) is 4.90 Å². The molecular formula is C12H13ClN2O4. The van der Waals surface area contributed by atoms with Gasteiger partial charge in [-0.25, -0.2) is 0 Å². The standard InChI is InChI=1S/C12H13ClN2O4/c1-7-4-8(2-3-9(7)13)12(19)15(5-10(14)16)6-11(17)18/h2-4H,5-6H2,1H3,(H2,14,16)(H,17,18). The number of benzene rings is 1. The van der Waals surface area contributed by atoms with Crippen LogP contribution in [0.25, 0.3) is 0 Å². The minimum atomic E-state index is -1.22. The maximum Gasteiger partial charge on any atom is 0.323 e. The predicted molar refractivity (Wildman–Crippen MR) is 68.9 cm³/mol. The molecule has 0 fully saturated rings. The molecule has 19 heavy (non-hydrogen) atoms. The molecule has 3 N–H and O–H groups in total. The third-order valence-corrected chi connectivity index (χ3v) is 2.79.